The second kappa shape index (κ2) is 12.0. The Kier molecular flexibility index (Phi) is 8.69. The van der Waals surface area contributed by atoms with E-state index in [0.717, 1.165) is 6.07 Å². The number of hydrogen-bond acceptors (Lipinski definition) is 15. The van der Waals surface area contributed by atoms with Crippen molar-refractivity contribution in [2.24, 2.45) is 0 Å². The molecule has 0 saturated carbocycles. The molecule has 12 atom stereocenters. The van der Waals surface area contributed by atoms with Gasteiger partial charge in [0.2, 0.25) is 0 Å². The Morgan fingerprint density at radius 2 is 1.43 bits per heavy atom. The molecule has 0 unspecified atom stereocenters. The monoisotopic (exact) mass is 598 g/mol. The van der Waals surface area contributed by atoms with Crippen molar-refractivity contribution in [3.8, 4) is 28.7 Å². The molecule has 2 aromatic carbocycles. The van der Waals surface area contributed by atoms with Gasteiger partial charge in [0.1, 0.15) is 66.1 Å². The van der Waals surface area contributed by atoms with Gasteiger partial charge in [0, 0.05) is 24.1 Å². The van der Waals surface area contributed by atoms with E-state index in [4.69, 9.17) is 23.7 Å². The Morgan fingerprint density at radius 3 is 2.14 bits per heavy atom. The molecular formula is C27H34O15. The van der Waals surface area contributed by atoms with Gasteiger partial charge >= 0.3 is 0 Å². The maximum absolute atomic E-state index is 10.7. The van der Waals surface area contributed by atoms with Crippen LogP contribution in [-0.2, 0) is 25.4 Å². The van der Waals surface area contributed by atoms with Crippen LogP contribution >= 0.6 is 0 Å². The smallest absolute Gasteiger partial charge is 0.187 e. The van der Waals surface area contributed by atoms with Crippen LogP contribution in [-0.4, -0.2) is 125 Å². The molecule has 2 aromatic rings. The third kappa shape index (κ3) is 5.80. The van der Waals surface area contributed by atoms with E-state index in [2.05, 4.69) is 0 Å². The van der Waals surface area contributed by atoms with Gasteiger partial charge in [-0.1, -0.05) is 6.07 Å². The van der Waals surface area contributed by atoms with Gasteiger partial charge in [0.25, 0.3) is 0 Å². The number of hydrogen-bond donors (Lipinski definition) is 10. The first-order valence-electron chi connectivity index (χ1n) is 13.3. The number of fused-ring (bicyclic) bond motifs is 1. The molecule has 42 heavy (non-hydrogen) atoms. The molecule has 3 aliphatic rings. The number of benzene rings is 2. The van der Waals surface area contributed by atoms with Gasteiger partial charge in [-0.05, 0) is 24.6 Å². The van der Waals surface area contributed by atoms with Crippen LogP contribution in [0.3, 0.4) is 0 Å². The Hall–Kier alpha value is -2.96. The first-order valence-corrected chi connectivity index (χ1v) is 13.3. The molecule has 3 aliphatic heterocycles. The minimum atomic E-state index is -1.78. The molecule has 232 valence electrons. The van der Waals surface area contributed by atoms with Gasteiger partial charge in [-0.2, -0.15) is 0 Å². The number of aliphatic hydroxyl groups excluding tert-OH is 6. The zero-order valence-electron chi connectivity index (χ0n) is 22.2. The van der Waals surface area contributed by atoms with E-state index in [1.165, 1.54) is 31.2 Å². The first-order chi connectivity index (χ1) is 19.8. The summed E-state index contributed by atoms with van der Waals surface area (Å²) in [5, 5.41) is 102. The molecule has 0 aromatic heterocycles. The fourth-order valence-corrected chi connectivity index (χ4v) is 5.25. The third-order valence-electron chi connectivity index (χ3n) is 7.71. The van der Waals surface area contributed by atoms with Crippen molar-refractivity contribution in [1.29, 1.82) is 0 Å². The maximum atomic E-state index is 10.7. The van der Waals surface area contributed by atoms with E-state index in [1.54, 1.807) is 0 Å². The molecule has 0 amide bonds. The standard InChI is InChI=1S/C27H34O15/c1-9-19(32)21(34)23(36)26(39-9)38-8-18-20(33)22(35)24(37)27(42-18)41-17-7-12-14(30)5-11(28)6-16(12)40-25(17)10-2-3-13(29)15(31)4-10/h2-6,9,17-37H,7-8H2,1H3/t9-,17+,18-,19+,20-,21+,22-,23-,24-,25-,26-,27-/m1/s1. The molecule has 2 saturated heterocycles. The first kappa shape index (κ1) is 30.5. The summed E-state index contributed by atoms with van der Waals surface area (Å²) in [5.41, 5.74) is 0.564. The Balaban J connectivity index is 1.36. The fraction of sp³-hybridized carbons (Fsp3) is 0.556. The van der Waals surface area contributed by atoms with Gasteiger partial charge in [0.15, 0.2) is 30.2 Å². The number of aliphatic hydroxyl groups is 6. The number of aromatic hydroxyl groups is 4. The van der Waals surface area contributed by atoms with Crippen molar-refractivity contribution >= 4 is 0 Å². The summed E-state index contributed by atoms with van der Waals surface area (Å²) in [7, 11) is 0. The molecule has 0 aliphatic carbocycles. The summed E-state index contributed by atoms with van der Waals surface area (Å²) < 4.78 is 28.7. The zero-order valence-corrected chi connectivity index (χ0v) is 22.2. The molecule has 15 nitrogen and oxygen atoms in total. The molecule has 0 radical (unpaired) electrons. The minimum absolute atomic E-state index is 0.0552. The molecule has 0 bridgehead atoms. The predicted octanol–water partition coefficient (Wildman–Crippen LogP) is -1.78. The summed E-state index contributed by atoms with van der Waals surface area (Å²) >= 11 is 0. The predicted molar refractivity (Wildman–Crippen MR) is 136 cm³/mol. The lowest BCUT2D eigenvalue weighted by atomic mass is 9.93. The van der Waals surface area contributed by atoms with Crippen LogP contribution in [0.25, 0.3) is 0 Å². The van der Waals surface area contributed by atoms with E-state index in [9.17, 15) is 51.1 Å². The molecule has 5 rings (SSSR count). The van der Waals surface area contributed by atoms with E-state index >= 15 is 0 Å². The average Bonchev–Trinajstić information content (AvgIpc) is 2.95. The number of phenols is 4. The zero-order chi connectivity index (χ0) is 30.5. The van der Waals surface area contributed by atoms with Crippen molar-refractivity contribution in [2.75, 3.05) is 6.61 Å². The minimum Gasteiger partial charge on any atom is -0.508 e. The van der Waals surface area contributed by atoms with E-state index in [1.807, 2.05) is 0 Å². The fourth-order valence-electron chi connectivity index (χ4n) is 5.25. The molecule has 0 spiro atoms. The summed E-state index contributed by atoms with van der Waals surface area (Å²) in [6.07, 6.45) is -17.2. The van der Waals surface area contributed by atoms with Crippen molar-refractivity contribution in [1.82, 2.24) is 0 Å². The maximum Gasteiger partial charge on any atom is 0.187 e. The second-order valence-electron chi connectivity index (χ2n) is 10.6. The Bertz CT molecular complexity index is 1260. The van der Waals surface area contributed by atoms with Crippen LogP contribution in [0, 0.1) is 0 Å². The molecule has 3 heterocycles. The van der Waals surface area contributed by atoms with Crippen LogP contribution in [0.2, 0.25) is 0 Å². The van der Waals surface area contributed by atoms with Crippen LogP contribution in [0.5, 0.6) is 28.7 Å². The average molecular weight is 599 g/mol. The van der Waals surface area contributed by atoms with Gasteiger partial charge in [-0.25, -0.2) is 0 Å². The van der Waals surface area contributed by atoms with Gasteiger partial charge in [-0.3, -0.25) is 0 Å². The van der Waals surface area contributed by atoms with Crippen molar-refractivity contribution in [3.63, 3.8) is 0 Å². The highest BCUT2D eigenvalue weighted by Gasteiger charge is 2.48. The van der Waals surface area contributed by atoms with E-state index in [0.29, 0.717) is 5.56 Å². The van der Waals surface area contributed by atoms with Gasteiger partial charge in [0.05, 0.1) is 12.7 Å². The molecular weight excluding hydrogens is 564 g/mol. The molecule has 15 heteroatoms. The lowest BCUT2D eigenvalue weighted by Gasteiger charge is -2.44. The van der Waals surface area contributed by atoms with Crippen LogP contribution < -0.4 is 4.74 Å². The van der Waals surface area contributed by atoms with Crippen LogP contribution in [0.4, 0.5) is 0 Å². The van der Waals surface area contributed by atoms with Crippen LogP contribution in [0.1, 0.15) is 24.2 Å². The van der Waals surface area contributed by atoms with Crippen molar-refractivity contribution in [2.45, 2.75) is 87.0 Å². The summed E-state index contributed by atoms with van der Waals surface area (Å²) in [6, 6.07) is 6.26. The number of rotatable bonds is 6. The Labute approximate surface area is 238 Å². The molecule has 2 fully saturated rings. The largest absolute Gasteiger partial charge is 0.508 e. The lowest BCUT2D eigenvalue weighted by molar-refractivity contribution is -0.336. The van der Waals surface area contributed by atoms with Gasteiger partial charge < -0.3 is 74.7 Å². The molecule has 10 N–H and O–H groups in total. The number of ether oxygens (including phenoxy) is 5. The van der Waals surface area contributed by atoms with Crippen molar-refractivity contribution < 1.29 is 74.7 Å². The normalized spacial score (nSPS) is 38.5. The van der Waals surface area contributed by atoms with Crippen LogP contribution in [0.15, 0.2) is 30.3 Å². The number of phenolic OH excluding ortho intramolecular Hbond substituents is 4. The Morgan fingerprint density at radius 1 is 0.738 bits per heavy atom. The third-order valence-corrected chi connectivity index (χ3v) is 7.71. The SMILES string of the molecule is C[C@H]1O[C@@H](OC[C@H]2O[C@@H](O[C@H]3Cc4c(O)cc(O)cc4O[C@@H]3c3ccc(O)c(O)c3)[C@H](O)[C@H](O)[C@@H]2O)[C@H](O)[C@@H](O)[C@H]1O. The highest BCUT2D eigenvalue weighted by molar-refractivity contribution is 5.52. The summed E-state index contributed by atoms with van der Waals surface area (Å²) in [5.74, 6) is -1.30. The highest BCUT2D eigenvalue weighted by atomic mass is 16.7. The van der Waals surface area contributed by atoms with Crippen molar-refractivity contribution in [3.05, 3.63) is 41.5 Å². The summed E-state index contributed by atoms with van der Waals surface area (Å²) in [4.78, 5) is 0. The topological polar surface area (TPSA) is 248 Å². The van der Waals surface area contributed by atoms with Gasteiger partial charge in [-0.15, -0.1) is 0 Å². The van der Waals surface area contributed by atoms with E-state index in [-0.39, 0.29) is 29.2 Å². The second-order valence-corrected chi connectivity index (χ2v) is 10.6. The summed E-state index contributed by atoms with van der Waals surface area (Å²) in [6.45, 7) is 0.960. The van der Waals surface area contributed by atoms with E-state index < -0.39 is 91.7 Å². The quantitative estimate of drug-likeness (QED) is 0.165. The highest BCUT2D eigenvalue weighted by Crippen LogP contribution is 2.44. The lowest BCUT2D eigenvalue weighted by Crippen LogP contribution is -2.61.